The molecule has 0 radical (unpaired) electrons. The first-order valence-corrected chi connectivity index (χ1v) is 9.87. The second-order valence-electron chi connectivity index (χ2n) is 7.29. The molecule has 0 spiro atoms. The van der Waals surface area contributed by atoms with Gasteiger partial charge in [0.2, 0.25) is 0 Å². The highest BCUT2D eigenvalue weighted by atomic mass is 127. The normalized spacial score (nSPS) is 13.6. The molecule has 3 rings (SSSR count). The van der Waals surface area contributed by atoms with Crippen LogP contribution in [0.15, 0.2) is 59.6 Å². The molecule has 0 aliphatic heterocycles. The van der Waals surface area contributed by atoms with Crippen LogP contribution in [0.4, 0.5) is 0 Å². The third-order valence-electron chi connectivity index (χ3n) is 4.98. The number of nitrogens with zero attached hydrogens (tertiary/aromatic N) is 1. The first kappa shape index (κ1) is 23.2. The van der Waals surface area contributed by atoms with Crippen LogP contribution < -0.4 is 10.6 Å². The Morgan fingerprint density at radius 1 is 1.07 bits per heavy atom. The molecule has 0 fully saturated rings. The van der Waals surface area contributed by atoms with Gasteiger partial charge in [-0.2, -0.15) is 0 Å². The van der Waals surface area contributed by atoms with Gasteiger partial charge in [0, 0.05) is 29.7 Å². The van der Waals surface area contributed by atoms with Crippen LogP contribution in [0, 0.1) is 6.92 Å². The fraction of sp³-hybridized carbons (Fsp3) is 0.348. The zero-order valence-corrected chi connectivity index (χ0v) is 19.7. The molecule has 6 heteroatoms. The van der Waals surface area contributed by atoms with Crippen LogP contribution in [0.1, 0.15) is 30.7 Å². The van der Waals surface area contributed by atoms with E-state index in [4.69, 9.17) is 0 Å². The average Bonchev–Trinajstić information content (AvgIpc) is 3.02. The van der Waals surface area contributed by atoms with E-state index in [0.29, 0.717) is 6.54 Å². The number of H-pyrrole nitrogens is 1. The minimum Gasteiger partial charge on any atom is -0.384 e. The third kappa shape index (κ3) is 5.96. The Hall–Kier alpha value is -2.06. The van der Waals surface area contributed by atoms with Gasteiger partial charge in [0.25, 0.3) is 0 Å². The standard InChI is InChI=1S/C23H30N4O.HI/c1-4-24-22(26-16-23(3,28)18-10-6-5-7-11-18)25-15-14-19-17(2)27-21-13-9-8-12-20(19)21;/h5-13,27-28H,4,14-16H2,1-3H3,(H2,24,25,26);1H. The average molecular weight is 506 g/mol. The number of fused-ring (bicyclic) bond motifs is 1. The van der Waals surface area contributed by atoms with Crippen molar-refractivity contribution in [3.63, 3.8) is 0 Å². The maximum Gasteiger partial charge on any atom is 0.191 e. The first-order chi connectivity index (χ1) is 13.5. The van der Waals surface area contributed by atoms with E-state index in [1.165, 1.54) is 22.2 Å². The predicted octanol–water partition coefficient (Wildman–Crippen LogP) is 4.10. The molecule has 0 amide bonds. The zero-order valence-electron chi connectivity index (χ0n) is 17.3. The maximum atomic E-state index is 10.8. The lowest BCUT2D eigenvalue weighted by Gasteiger charge is -2.22. The Bertz CT molecular complexity index is 934. The number of hydrogen-bond acceptors (Lipinski definition) is 2. The number of nitrogens with one attached hydrogen (secondary N) is 3. The molecule has 0 saturated heterocycles. The van der Waals surface area contributed by atoms with Crippen LogP contribution >= 0.6 is 24.0 Å². The van der Waals surface area contributed by atoms with E-state index in [0.717, 1.165) is 31.0 Å². The van der Waals surface area contributed by atoms with Crippen LogP contribution in [-0.2, 0) is 12.0 Å². The Kier molecular flexibility index (Phi) is 8.52. The quantitative estimate of drug-likeness (QED) is 0.222. The van der Waals surface area contributed by atoms with E-state index in [2.05, 4.69) is 51.8 Å². The molecular formula is C23H31IN4O. The molecule has 1 atom stereocenters. The van der Waals surface area contributed by atoms with E-state index < -0.39 is 5.60 Å². The molecule has 1 aromatic heterocycles. The lowest BCUT2D eigenvalue weighted by atomic mass is 9.96. The number of rotatable bonds is 7. The second kappa shape index (κ2) is 10.6. The van der Waals surface area contributed by atoms with Gasteiger partial charge in [0.05, 0.1) is 6.54 Å². The van der Waals surface area contributed by atoms with Crippen molar-refractivity contribution in [3.05, 3.63) is 71.4 Å². The Labute approximate surface area is 190 Å². The van der Waals surface area contributed by atoms with Crippen molar-refractivity contribution in [1.29, 1.82) is 0 Å². The molecule has 0 bridgehead atoms. The number of aliphatic hydroxyl groups is 1. The molecule has 3 aromatic rings. The monoisotopic (exact) mass is 506 g/mol. The molecule has 0 saturated carbocycles. The highest BCUT2D eigenvalue weighted by Gasteiger charge is 2.22. The maximum absolute atomic E-state index is 10.8. The highest BCUT2D eigenvalue weighted by molar-refractivity contribution is 14.0. The molecule has 1 heterocycles. The van der Waals surface area contributed by atoms with Crippen molar-refractivity contribution in [2.24, 2.45) is 4.99 Å². The van der Waals surface area contributed by atoms with Crippen LogP contribution in [0.5, 0.6) is 0 Å². The summed E-state index contributed by atoms with van der Waals surface area (Å²) in [5, 5.41) is 18.7. The Morgan fingerprint density at radius 3 is 2.48 bits per heavy atom. The van der Waals surface area contributed by atoms with Crippen molar-refractivity contribution >= 4 is 40.8 Å². The van der Waals surface area contributed by atoms with Gasteiger partial charge in [0.1, 0.15) is 5.60 Å². The van der Waals surface area contributed by atoms with Gasteiger partial charge in [-0.3, -0.25) is 0 Å². The van der Waals surface area contributed by atoms with Crippen molar-refractivity contribution in [2.75, 3.05) is 19.6 Å². The highest BCUT2D eigenvalue weighted by Crippen LogP contribution is 2.22. The van der Waals surface area contributed by atoms with Gasteiger partial charge in [-0.05, 0) is 44.4 Å². The number of aromatic amines is 1. The molecule has 156 valence electrons. The van der Waals surface area contributed by atoms with E-state index in [1.54, 1.807) is 6.92 Å². The fourth-order valence-electron chi connectivity index (χ4n) is 3.43. The minimum absolute atomic E-state index is 0. The smallest absolute Gasteiger partial charge is 0.191 e. The van der Waals surface area contributed by atoms with Crippen LogP contribution in [0.2, 0.25) is 0 Å². The zero-order chi connectivity index (χ0) is 20.0. The number of aromatic nitrogens is 1. The van der Waals surface area contributed by atoms with Crippen molar-refractivity contribution in [3.8, 4) is 0 Å². The van der Waals surface area contributed by atoms with E-state index in [9.17, 15) is 5.11 Å². The first-order valence-electron chi connectivity index (χ1n) is 9.87. The SMILES string of the molecule is CCNC(=NCC(C)(O)c1ccccc1)NCCc1c(C)[nH]c2ccccc12.I. The number of aliphatic imine (C=N–C) groups is 1. The summed E-state index contributed by atoms with van der Waals surface area (Å²) in [5.74, 6) is 0.719. The molecule has 2 aromatic carbocycles. The summed E-state index contributed by atoms with van der Waals surface area (Å²) >= 11 is 0. The number of aryl methyl sites for hydroxylation is 1. The number of benzene rings is 2. The van der Waals surface area contributed by atoms with Crippen LogP contribution in [-0.4, -0.2) is 35.7 Å². The summed E-state index contributed by atoms with van der Waals surface area (Å²) in [5.41, 5.74) is 3.57. The summed E-state index contributed by atoms with van der Waals surface area (Å²) in [6.07, 6.45) is 0.898. The van der Waals surface area contributed by atoms with E-state index >= 15 is 0 Å². The molecule has 1 unspecified atom stereocenters. The van der Waals surface area contributed by atoms with Gasteiger partial charge >= 0.3 is 0 Å². The molecule has 0 aliphatic rings. The van der Waals surface area contributed by atoms with Gasteiger partial charge in [-0.15, -0.1) is 24.0 Å². The van der Waals surface area contributed by atoms with Crippen molar-refractivity contribution in [2.45, 2.75) is 32.8 Å². The number of para-hydroxylation sites is 1. The molecule has 0 aliphatic carbocycles. The van der Waals surface area contributed by atoms with E-state index in [1.807, 2.05) is 37.3 Å². The molecule has 4 N–H and O–H groups in total. The molecule has 5 nitrogen and oxygen atoms in total. The van der Waals surface area contributed by atoms with Gasteiger partial charge < -0.3 is 20.7 Å². The Balaban J connectivity index is 0.00000300. The summed E-state index contributed by atoms with van der Waals surface area (Å²) in [6.45, 7) is 7.78. The number of hydrogen-bond donors (Lipinski definition) is 4. The largest absolute Gasteiger partial charge is 0.384 e. The van der Waals surface area contributed by atoms with Gasteiger partial charge in [0.15, 0.2) is 5.96 Å². The summed E-state index contributed by atoms with van der Waals surface area (Å²) in [6, 6.07) is 18.0. The van der Waals surface area contributed by atoms with Crippen LogP contribution in [0.3, 0.4) is 0 Å². The lowest BCUT2D eigenvalue weighted by Crippen LogP contribution is -2.39. The lowest BCUT2D eigenvalue weighted by molar-refractivity contribution is 0.0672. The fourth-order valence-corrected chi connectivity index (χ4v) is 3.43. The van der Waals surface area contributed by atoms with Crippen molar-refractivity contribution < 1.29 is 5.11 Å². The minimum atomic E-state index is -1.00. The second-order valence-corrected chi connectivity index (χ2v) is 7.29. The molecular weight excluding hydrogens is 475 g/mol. The molecule has 29 heavy (non-hydrogen) atoms. The van der Waals surface area contributed by atoms with Crippen LogP contribution in [0.25, 0.3) is 10.9 Å². The summed E-state index contributed by atoms with van der Waals surface area (Å²) in [7, 11) is 0. The number of guanidine groups is 1. The summed E-state index contributed by atoms with van der Waals surface area (Å²) in [4.78, 5) is 8.05. The topological polar surface area (TPSA) is 72.4 Å². The third-order valence-corrected chi connectivity index (χ3v) is 4.98. The summed E-state index contributed by atoms with van der Waals surface area (Å²) < 4.78 is 0. The predicted molar refractivity (Wildman–Crippen MR) is 132 cm³/mol. The van der Waals surface area contributed by atoms with Gasteiger partial charge in [-0.1, -0.05) is 48.5 Å². The Morgan fingerprint density at radius 2 is 1.76 bits per heavy atom. The van der Waals surface area contributed by atoms with Crippen molar-refractivity contribution in [1.82, 2.24) is 15.6 Å². The van der Waals surface area contributed by atoms with Gasteiger partial charge in [-0.25, -0.2) is 4.99 Å². The van der Waals surface area contributed by atoms with E-state index in [-0.39, 0.29) is 24.0 Å². The number of halogens is 1.